The van der Waals surface area contributed by atoms with Crippen molar-refractivity contribution in [1.29, 1.82) is 0 Å². The van der Waals surface area contributed by atoms with Crippen molar-refractivity contribution in [1.82, 2.24) is 5.32 Å². The van der Waals surface area contributed by atoms with Crippen molar-refractivity contribution in [2.75, 3.05) is 40.9 Å². The third-order valence-corrected chi connectivity index (χ3v) is 13.4. The average molecular weight is 1060 g/mol. The summed E-state index contributed by atoms with van der Waals surface area (Å²) in [5, 5.41) is 2.99. The van der Waals surface area contributed by atoms with Crippen LogP contribution in [0.15, 0.2) is 122 Å². The standard InChI is InChI=1S/C65H111N2O7P/c1-7-10-13-16-19-22-25-27-29-31-33-35-37-39-42-45-48-51-54-57-64(68)66-62(61-73-75(70,71)72-60-59-67(4,5)6)63(56-53-50-47-44-41-24-21-18-15-12-9-3)74-65(69)58-55-52-49-46-43-40-38-36-34-32-30-28-26-23-20-17-14-11-8-2/h11,14,19-20,22-23,27-30,33-36,40,43,49,52-53,56,62-63H,7-10,12-13,15-18,21,24-26,31-32,37-39,41-42,44-48,50-51,54-55,57-61H2,1-6H3,(H-,66,68,70,71)/b14-11-,22-19-,23-20-,29-27-,30-28-,35-33-,36-34-,43-40-,52-49-,56-53+. The fourth-order valence-electron chi connectivity index (χ4n) is 7.79. The first-order valence-corrected chi connectivity index (χ1v) is 31.3. The van der Waals surface area contributed by atoms with Crippen LogP contribution in [0.3, 0.4) is 0 Å². The smallest absolute Gasteiger partial charge is 0.306 e. The monoisotopic (exact) mass is 1060 g/mol. The number of ether oxygens (including phenoxy) is 1. The number of nitrogens with zero attached hydrogens (tertiary/aromatic N) is 1. The summed E-state index contributed by atoms with van der Waals surface area (Å²) in [6.07, 6.45) is 74.6. The van der Waals surface area contributed by atoms with Crippen molar-refractivity contribution in [3.05, 3.63) is 122 Å². The van der Waals surface area contributed by atoms with Gasteiger partial charge in [-0.05, 0) is 109 Å². The zero-order chi connectivity index (χ0) is 55.0. The Morgan fingerprint density at radius 1 is 0.480 bits per heavy atom. The molecule has 0 spiro atoms. The lowest BCUT2D eigenvalue weighted by molar-refractivity contribution is -0.870. The largest absolute Gasteiger partial charge is 0.756 e. The van der Waals surface area contributed by atoms with Crippen molar-refractivity contribution in [3.63, 3.8) is 0 Å². The van der Waals surface area contributed by atoms with Crippen LogP contribution in [-0.4, -0.2) is 69.4 Å². The van der Waals surface area contributed by atoms with Crippen molar-refractivity contribution >= 4 is 19.7 Å². The second-order valence-electron chi connectivity index (χ2n) is 20.8. The number of phosphoric ester groups is 1. The summed E-state index contributed by atoms with van der Waals surface area (Å²) in [4.78, 5) is 39.9. The van der Waals surface area contributed by atoms with Crippen LogP contribution >= 0.6 is 7.82 Å². The SMILES string of the molecule is CC/C=C\C/C=C\C/C=C\C/C=C\C/C=C\C/C=C\CCC(=O)OC(/C=C/CCCCCCCCCCC)C(COP(=O)([O-])OCC[N+](C)(C)C)NC(=O)CCCCCCCC/C=C\C/C=C\C/C=C\CCCCC. The van der Waals surface area contributed by atoms with Gasteiger partial charge in [-0.25, -0.2) is 0 Å². The minimum atomic E-state index is -4.72. The molecule has 1 amide bonds. The molecule has 0 radical (unpaired) electrons. The highest BCUT2D eigenvalue weighted by Crippen LogP contribution is 2.38. The van der Waals surface area contributed by atoms with Crippen molar-refractivity contribution in [2.24, 2.45) is 0 Å². The molecule has 0 fully saturated rings. The van der Waals surface area contributed by atoms with Crippen molar-refractivity contribution < 1.29 is 37.3 Å². The molecule has 428 valence electrons. The summed E-state index contributed by atoms with van der Waals surface area (Å²) in [6, 6.07) is -0.934. The van der Waals surface area contributed by atoms with Gasteiger partial charge < -0.3 is 28.5 Å². The van der Waals surface area contributed by atoms with Crippen LogP contribution in [0.1, 0.15) is 226 Å². The van der Waals surface area contributed by atoms with Gasteiger partial charge in [-0.3, -0.25) is 14.2 Å². The molecule has 0 aromatic carbocycles. The lowest BCUT2D eigenvalue weighted by Gasteiger charge is -2.30. The Balaban J connectivity index is 5.42. The highest BCUT2D eigenvalue weighted by atomic mass is 31.2. The second kappa shape index (κ2) is 53.8. The predicted octanol–water partition coefficient (Wildman–Crippen LogP) is 17.7. The topological polar surface area (TPSA) is 114 Å². The van der Waals surface area contributed by atoms with E-state index in [2.05, 4.69) is 123 Å². The molecule has 0 aromatic heterocycles. The number of carbonyl (C=O) groups is 2. The molecule has 0 saturated carbocycles. The maximum absolute atomic E-state index is 13.5. The molecule has 75 heavy (non-hydrogen) atoms. The number of quaternary nitrogens is 1. The van der Waals surface area contributed by atoms with Crippen LogP contribution in [-0.2, 0) is 27.9 Å². The Bertz CT molecular complexity index is 1700. The van der Waals surface area contributed by atoms with Gasteiger partial charge in [0, 0.05) is 12.8 Å². The molecule has 0 aromatic rings. The number of unbranched alkanes of at least 4 members (excludes halogenated alkanes) is 18. The molecule has 0 aliphatic carbocycles. The van der Waals surface area contributed by atoms with E-state index in [0.29, 0.717) is 23.9 Å². The molecule has 9 nitrogen and oxygen atoms in total. The summed E-state index contributed by atoms with van der Waals surface area (Å²) in [5.74, 6) is -0.663. The van der Waals surface area contributed by atoms with E-state index in [9.17, 15) is 19.0 Å². The normalized spacial score (nSPS) is 14.6. The number of nitrogens with one attached hydrogen (secondary N) is 1. The summed E-state index contributed by atoms with van der Waals surface area (Å²) < 4.78 is 30.2. The highest BCUT2D eigenvalue weighted by molar-refractivity contribution is 7.45. The number of hydrogen-bond donors (Lipinski definition) is 1. The molecule has 0 saturated heterocycles. The van der Waals surface area contributed by atoms with Crippen LogP contribution in [0, 0.1) is 0 Å². The van der Waals surface area contributed by atoms with Gasteiger partial charge in [0.05, 0.1) is 33.8 Å². The zero-order valence-electron chi connectivity index (χ0n) is 48.7. The molecule has 3 atom stereocenters. The quantitative estimate of drug-likeness (QED) is 0.0212. The summed E-state index contributed by atoms with van der Waals surface area (Å²) in [6.45, 7) is 6.61. The number of hydrogen-bond acceptors (Lipinski definition) is 7. The van der Waals surface area contributed by atoms with E-state index < -0.39 is 32.5 Å². The Morgan fingerprint density at radius 2 is 0.867 bits per heavy atom. The molecular weight excluding hydrogens is 952 g/mol. The lowest BCUT2D eigenvalue weighted by Crippen LogP contribution is -2.47. The van der Waals surface area contributed by atoms with Gasteiger partial charge in [0.25, 0.3) is 7.82 Å². The molecule has 0 aliphatic rings. The first-order chi connectivity index (χ1) is 36.4. The molecule has 0 rings (SSSR count). The van der Waals surface area contributed by atoms with Crippen molar-refractivity contribution in [3.8, 4) is 0 Å². The molecule has 0 aliphatic heterocycles. The Labute approximate surface area is 461 Å². The van der Waals surface area contributed by atoms with E-state index in [-0.39, 0.29) is 25.4 Å². The van der Waals surface area contributed by atoms with Gasteiger partial charge in [0.2, 0.25) is 5.91 Å². The molecule has 0 heterocycles. The zero-order valence-corrected chi connectivity index (χ0v) is 49.6. The van der Waals surface area contributed by atoms with E-state index in [0.717, 1.165) is 109 Å². The first kappa shape index (κ1) is 71.4. The van der Waals surface area contributed by atoms with Gasteiger partial charge in [0.15, 0.2) is 0 Å². The Kier molecular flexibility index (Phi) is 51.2. The van der Waals surface area contributed by atoms with Gasteiger partial charge in [-0.15, -0.1) is 0 Å². The van der Waals surface area contributed by atoms with Gasteiger partial charge in [0.1, 0.15) is 19.3 Å². The summed E-state index contributed by atoms with van der Waals surface area (Å²) in [7, 11) is 1.12. The van der Waals surface area contributed by atoms with Crippen LogP contribution in [0.4, 0.5) is 0 Å². The molecule has 10 heteroatoms. The molecule has 0 bridgehead atoms. The number of allylic oxidation sites excluding steroid dienone is 19. The minimum Gasteiger partial charge on any atom is -0.756 e. The maximum Gasteiger partial charge on any atom is 0.306 e. The van der Waals surface area contributed by atoms with Crippen LogP contribution in [0.2, 0.25) is 0 Å². The minimum absolute atomic E-state index is 0.0428. The number of carbonyl (C=O) groups excluding carboxylic acids is 2. The van der Waals surface area contributed by atoms with Gasteiger partial charge >= 0.3 is 5.97 Å². The fraction of sp³-hybridized carbons (Fsp3) is 0.662. The lowest BCUT2D eigenvalue weighted by atomic mass is 10.1. The predicted molar refractivity (Wildman–Crippen MR) is 320 cm³/mol. The highest BCUT2D eigenvalue weighted by Gasteiger charge is 2.27. The maximum atomic E-state index is 13.5. The number of likely N-dealkylation sites (N-methyl/N-ethyl adjacent to an activating group) is 1. The third-order valence-electron chi connectivity index (χ3n) is 12.4. The number of phosphoric acid groups is 1. The fourth-order valence-corrected chi connectivity index (χ4v) is 8.51. The number of amides is 1. The van der Waals surface area contributed by atoms with E-state index >= 15 is 0 Å². The Morgan fingerprint density at radius 3 is 1.33 bits per heavy atom. The van der Waals surface area contributed by atoms with Crippen LogP contribution in [0.25, 0.3) is 0 Å². The Hall–Kier alpha value is -3.59. The summed E-state index contributed by atoms with van der Waals surface area (Å²) >= 11 is 0. The first-order valence-electron chi connectivity index (χ1n) is 29.8. The van der Waals surface area contributed by atoms with E-state index in [4.69, 9.17) is 13.8 Å². The number of esters is 1. The molecule has 1 N–H and O–H groups in total. The van der Waals surface area contributed by atoms with E-state index in [1.165, 1.54) is 70.6 Å². The second-order valence-corrected chi connectivity index (χ2v) is 22.2. The molecular formula is C65H111N2O7P. The average Bonchev–Trinajstić information content (AvgIpc) is 3.37. The summed E-state index contributed by atoms with van der Waals surface area (Å²) in [5.41, 5.74) is 0. The van der Waals surface area contributed by atoms with E-state index in [1.807, 2.05) is 39.4 Å². The number of rotatable bonds is 52. The van der Waals surface area contributed by atoms with Gasteiger partial charge in [-0.1, -0.05) is 226 Å². The third kappa shape index (κ3) is 55.0. The molecule has 3 unspecified atom stereocenters. The van der Waals surface area contributed by atoms with Gasteiger partial charge in [-0.2, -0.15) is 0 Å². The van der Waals surface area contributed by atoms with Crippen molar-refractivity contribution in [2.45, 2.75) is 238 Å². The van der Waals surface area contributed by atoms with Crippen LogP contribution in [0.5, 0.6) is 0 Å². The van der Waals surface area contributed by atoms with E-state index in [1.54, 1.807) is 6.08 Å². The van der Waals surface area contributed by atoms with Crippen LogP contribution < -0.4 is 10.2 Å².